The Labute approximate surface area is 381 Å². The lowest BCUT2D eigenvalue weighted by molar-refractivity contribution is 0.332. The van der Waals surface area contributed by atoms with Crippen LogP contribution < -0.4 is 25.5 Å². The van der Waals surface area contributed by atoms with Crippen molar-refractivity contribution in [2.24, 2.45) is 0 Å². The summed E-state index contributed by atoms with van der Waals surface area (Å²) in [5.74, 6) is 0. The van der Waals surface area contributed by atoms with E-state index in [0.717, 1.165) is 0 Å². The predicted molar refractivity (Wildman–Crippen MR) is 275 cm³/mol. The van der Waals surface area contributed by atoms with Crippen LogP contribution in [0.15, 0.2) is 115 Å². The van der Waals surface area contributed by atoms with Gasteiger partial charge in [0.2, 0.25) is 0 Å². The van der Waals surface area contributed by atoms with E-state index in [0.29, 0.717) is 0 Å². The monoisotopic (exact) mass is 842 g/mol. The fourth-order valence-corrected chi connectivity index (χ4v) is 13.2. The van der Waals surface area contributed by atoms with Crippen molar-refractivity contribution in [3.05, 3.63) is 149 Å². The molecule has 0 bridgehead atoms. The summed E-state index contributed by atoms with van der Waals surface area (Å²) in [4.78, 5) is 5.30. The molecule has 3 heterocycles. The van der Waals surface area contributed by atoms with Crippen molar-refractivity contribution in [3.63, 3.8) is 0 Å². The van der Waals surface area contributed by atoms with Gasteiger partial charge in [0.1, 0.15) is 0 Å². The summed E-state index contributed by atoms with van der Waals surface area (Å²) in [6, 6.07) is 45.3. The summed E-state index contributed by atoms with van der Waals surface area (Å²) in [7, 11) is 0. The number of nitrogens with zero attached hydrogens (tertiary/aromatic N) is 2. The summed E-state index contributed by atoms with van der Waals surface area (Å²) in [5.41, 5.74) is 22.2. The van der Waals surface area contributed by atoms with Crippen LogP contribution in [-0.2, 0) is 27.1 Å². The normalized spacial score (nSPS) is 18.6. The summed E-state index contributed by atoms with van der Waals surface area (Å²) >= 11 is 2.06. The van der Waals surface area contributed by atoms with E-state index >= 15 is 0 Å². The highest BCUT2D eigenvalue weighted by Gasteiger charge is 2.48. The molecule has 0 fully saturated rings. The molecular formula is C59H63BN2S. The molecule has 0 amide bonds. The lowest BCUT2D eigenvalue weighted by Gasteiger charge is -2.47. The van der Waals surface area contributed by atoms with Crippen molar-refractivity contribution in [1.82, 2.24) is 0 Å². The van der Waals surface area contributed by atoms with E-state index in [-0.39, 0.29) is 33.8 Å². The minimum atomic E-state index is 0.0630. The third-order valence-electron chi connectivity index (χ3n) is 16.0. The second kappa shape index (κ2) is 13.5. The van der Waals surface area contributed by atoms with Gasteiger partial charge >= 0.3 is 0 Å². The number of anilines is 6. The number of aryl methyl sites for hydroxylation is 1. The van der Waals surface area contributed by atoms with Gasteiger partial charge in [-0.15, -0.1) is 11.3 Å². The van der Waals surface area contributed by atoms with E-state index in [9.17, 15) is 0 Å². The van der Waals surface area contributed by atoms with Gasteiger partial charge < -0.3 is 9.80 Å². The molecule has 6 aromatic carbocycles. The Kier molecular flexibility index (Phi) is 8.72. The first kappa shape index (κ1) is 40.7. The Morgan fingerprint density at radius 3 is 1.60 bits per heavy atom. The highest BCUT2D eigenvalue weighted by atomic mass is 32.1. The molecule has 0 atom stereocenters. The van der Waals surface area contributed by atoms with Gasteiger partial charge in [-0.3, -0.25) is 0 Å². The molecule has 0 saturated carbocycles. The minimum Gasteiger partial charge on any atom is -0.311 e. The van der Waals surface area contributed by atoms with Gasteiger partial charge in [-0.05, 0) is 170 Å². The summed E-state index contributed by atoms with van der Waals surface area (Å²) in [6.45, 7) is 29.2. The van der Waals surface area contributed by atoms with Gasteiger partial charge in [0, 0.05) is 43.3 Å². The number of hydrogen-bond acceptors (Lipinski definition) is 3. The fourth-order valence-electron chi connectivity index (χ4n) is 11.8. The second-order valence-corrected chi connectivity index (χ2v) is 24.3. The molecule has 0 radical (unpaired) electrons. The number of hydrogen-bond donors (Lipinski definition) is 0. The molecule has 63 heavy (non-hydrogen) atoms. The standard InChI is InChI=1S/C59H63BN2S/c1-36-30-49-52-50(31-36)62(41-24-20-39(21-25-41)55(2,3)4)53-42-32-43-46(59(11,12)29-26-56(43,5)6)35-51(42)63-54(53)60(52)47-33-44-45(58(9,10)28-27-57(44,7)8)34-48(47)61(49)40-22-18-38(19-23-40)37-16-14-13-15-17-37/h13-25,30-35H,26-29H2,1-12H3. The van der Waals surface area contributed by atoms with Crippen molar-refractivity contribution in [2.75, 3.05) is 9.80 Å². The zero-order valence-electron chi connectivity index (χ0n) is 39.7. The molecule has 0 N–H and O–H groups in total. The van der Waals surface area contributed by atoms with E-state index in [4.69, 9.17) is 0 Å². The largest absolute Gasteiger partial charge is 0.311 e. The van der Waals surface area contributed by atoms with Crippen LogP contribution in [-0.4, -0.2) is 6.71 Å². The highest BCUT2D eigenvalue weighted by molar-refractivity contribution is 7.33. The molecule has 7 aromatic rings. The molecule has 0 unspecified atom stereocenters. The summed E-state index contributed by atoms with van der Waals surface area (Å²) in [5, 5.41) is 1.40. The van der Waals surface area contributed by atoms with E-state index in [1.807, 2.05) is 0 Å². The maximum Gasteiger partial charge on any atom is 0.264 e. The van der Waals surface area contributed by atoms with Crippen molar-refractivity contribution in [3.8, 4) is 11.1 Å². The second-order valence-electron chi connectivity index (χ2n) is 23.2. The van der Waals surface area contributed by atoms with Gasteiger partial charge in [0.15, 0.2) is 0 Å². The lowest BCUT2D eigenvalue weighted by atomic mass is 9.35. The van der Waals surface area contributed by atoms with Gasteiger partial charge in [0.05, 0.1) is 5.69 Å². The van der Waals surface area contributed by atoms with Crippen molar-refractivity contribution >= 4 is 78.0 Å². The number of rotatable bonds is 3. The van der Waals surface area contributed by atoms with E-state index in [2.05, 4.69) is 219 Å². The SMILES string of the molecule is Cc1cc2c3c(c1)N(c1ccc(C(C)(C)C)cc1)c1c(sc4cc5c(cc14)C(C)(C)CCC5(C)C)B3c1cc3c(cc1N2c1ccc(-c2ccccc2)cc1)C(C)(C)CCC3(C)C. The third-order valence-corrected chi connectivity index (χ3v) is 17.2. The molecule has 0 saturated heterocycles. The molecule has 2 aliphatic carbocycles. The van der Waals surface area contributed by atoms with Crippen LogP contribution in [0.1, 0.15) is 135 Å². The zero-order valence-corrected chi connectivity index (χ0v) is 40.5. The quantitative estimate of drug-likeness (QED) is 0.164. The van der Waals surface area contributed by atoms with Crippen molar-refractivity contribution in [2.45, 2.75) is 136 Å². The van der Waals surface area contributed by atoms with Crippen LogP contribution in [0.2, 0.25) is 0 Å². The van der Waals surface area contributed by atoms with E-state index < -0.39 is 0 Å². The van der Waals surface area contributed by atoms with Gasteiger partial charge in [-0.25, -0.2) is 0 Å². The molecule has 11 rings (SSSR count). The molecule has 2 nitrogen and oxygen atoms in total. The summed E-state index contributed by atoms with van der Waals surface area (Å²) < 4.78 is 2.88. The van der Waals surface area contributed by atoms with Crippen LogP contribution in [0.4, 0.5) is 34.1 Å². The Bertz CT molecular complexity index is 2990. The Morgan fingerprint density at radius 2 is 1.02 bits per heavy atom. The predicted octanol–water partition coefficient (Wildman–Crippen LogP) is 15.0. The average Bonchev–Trinajstić information content (AvgIpc) is 3.61. The van der Waals surface area contributed by atoms with Gasteiger partial charge in [-0.1, -0.05) is 137 Å². The first-order chi connectivity index (χ1) is 29.7. The third kappa shape index (κ3) is 6.17. The highest BCUT2D eigenvalue weighted by Crippen LogP contribution is 2.54. The first-order valence-corrected chi connectivity index (χ1v) is 24.4. The van der Waals surface area contributed by atoms with Crippen LogP contribution in [0.25, 0.3) is 21.2 Å². The molecule has 4 aliphatic rings. The molecule has 1 aromatic heterocycles. The smallest absolute Gasteiger partial charge is 0.264 e. The van der Waals surface area contributed by atoms with Crippen LogP contribution in [0.5, 0.6) is 0 Å². The summed E-state index contributed by atoms with van der Waals surface area (Å²) in [6.07, 6.45) is 4.77. The zero-order chi connectivity index (χ0) is 44.2. The van der Waals surface area contributed by atoms with Gasteiger partial charge in [-0.2, -0.15) is 0 Å². The van der Waals surface area contributed by atoms with Gasteiger partial charge in [0.25, 0.3) is 6.71 Å². The topological polar surface area (TPSA) is 6.48 Å². The lowest BCUT2D eigenvalue weighted by Crippen LogP contribution is -2.61. The van der Waals surface area contributed by atoms with Crippen LogP contribution >= 0.6 is 11.3 Å². The van der Waals surface area contributed by atoms with Crippen LogP contribution in [0.3, 0.4) is 0 Å². The Balaban J connectivity index is 1.24. The Hall–Kier alpha value is -5.06. The molecular weight excluding hydrogens is 780 g/mol. The first-order valence-electron chi connectivity index (χ1n) is 23.5. The van der Waals surface area contributed by atoms with Crippen molar-refractivity contribution < 1.29 is 0 Å². The maximum absolute atomic E-state index is 2.69. The number of fused-ring (bicyclic) bond motifs is 8. The molecule has 4 heteroatoms. The number of benzene rings is 6. The maximum atomic E-state index is 2.69. The Morgan fingerprint density at radius 1 is 0.524 bits per heavy atom. The van der Waals surface area contributed by atoms with E-state index in [1.165, 1.54) is 130 Å². The molecule has 2 aliphatic heterocycles. The van der Waals surface area contributed by atoms with Crippen LogP contribution in [0, 0.1) is 6.92 Å². The average molecular weight is 843 g/mol. The minimum absolute atomic E-state index is 0.0630. The van der Waals surface area contributed by atoms with Crippen molar-refractivity contribution in [1.29, 1.82) is 0 Å². The fraction of sp³-hybridized carbons (Fsp3) is 0.356. The molecule has 318 valence electrons. The molecule has 0 spiro atoms. The van der Waals surface area contributed by atoms with E-state index in [1.54, 1.807) is 0 Å². The number of thiophene rings is 1.